The lowest BCUT2D eigenvalue weighted by atomic mass is 9.92. The Balaban J connectivity index is 0.895. The molecule has 5 atom stereocenters. The van der Waals surface area contributed by atoms with Gasteiger partial charge in [-0.2, -0.15) is 8.42 Å². The highest BCUT2D eigenvalue weighted by atomic mass is 33.1. The molecule has 0 saturated heterocycles. The van der Waals surface area contributed by atoms with Gasteiger partial charge in [-0.3, -0.25) is 33.0 Å². The second kappa shape index (κ2) is 27.1. The molecule has 0 spiro atoms. The molecule has 2 N–H and O–H groups in total. The number of amides is 4. The van der Waals surface area contributed by atoms with Crippen molar-refractivity contribution in [1.82, 2.24) is 5.32 Å². The van der Waals surface area contributed by atoms with Crippen molar-refractivity contribution in [2.45, 2.75) is 135 Å². The number of hydrogen-bond acceptors (Lipinski definition) is 16. The Morgan fingerprint density at radius 3 is 1.83 bits per heavy atom. The first kappa shape index (κ1) is 64.4. The maximum Gasteiger partial charge on any atom is 0.277 e. The molecule has 4 aliphatic heterocycles. The Labute approximate surface area is 519 Å². The summed E-state index contributed by atoms with van der Waals surface area (Å²) in [7, 11) is 5.46. The first-order valence-electron chi connectivity index (χ1n) is 29.7. The lowest BCUT2D eigenvalue weighted by molar-refractivity contribution is -0.131. The van der Waals surface area contributed by atoms with Crippen molar-refractivity contribution >= 4 is 95.3 Å². The third-order valence-corrected chi connectivity index (χ3v) is 21.8. The monoisotopic (exact) mass is 1240 g/mol. The van der Waals surface area contributed by atoms with E-state index in [0.717, 1.165) is 53.7 Å². The first-order chi connectivity index (χ1) is 41.4. The van der Waals surface area contributed by atoms with Crippen LogP contribution in [0.3, 0.4) is 0 Å². The van der Waals surface area contributed by atoms with Gasteiger partial charge in [-0.25, -0.2) is 0 Å². The van der Waals surface area contributed by atoms with Crippen LogP contribution in [0.2, 0.25) is 0 Å². The molecule has 0 aromatic heterocycles. The van der Waals surface area contributed by atoms with E-state index in [2.05, 4.69) is 36.7 Å². The van der Waals surface area contributed by atoms with E-state index in [1.165, 1.54) is 28.7 Å². The first-order valence-corrected chi connectivity index (χ1v) is 33.5. The van der Waals surface area contributed by atoms with Gasteiger partial charge in [-0.1, -0.05) is 85.7 Å². The number of nitrogens with one attached hydrogen (secondary N) is 2. The van der Waals surface area contributed by atoms with Gasteiger partial charge in [0, 0.05) is 92.1 Å². The minimum Gasteiger partial charge on any atom is -0.493 e. The maximum absolute atomic E-state index is 14.4. The van der Waals surface area contributed by atoms with Crippen molar-refractivity contribution in [3.8, 4) is 17.2 Å². The maximum atomic E-state index is 14.4. The van der Waals surface area contributed by atoms with Gasteiger partial charge in [0.2, 0.25) is 11.8 Å². The fourth-order valence-electron chi connectivity index (χ4n) is 12.1. The number of fused-ring (bicyclic) bond motifs is 8. The number of carbonyl (C=O) groups is 6. The normalized spacial score (nSPS) is 17.2. The zero-order chi connectivity index (χ0) is 62.6. The average Bonchev–Trinajstić information content (AvgIpc) is 1.72. The molecule has 0 radical (unpaired) electrons. The zero-order valence-electron chi connectivity index (χ0n) is 51.5. The molecule has 0 fully saturated rings. The molecule has 87 heavy (non-hydrogen) atoms. The molecule has 4 amide bonds. The summed E-state index contributed by atoms with van der Waals surface area (Å²) in [5.41, 5.74) is 9.28. The molecule has 0 saturated carbocycles. The van der Waals surface area contributed by atoms with Crippen LogP contribution in [-0.4, -0.2) is 119 Å². The quantitative estimate of drug-likeness (QED) is 0.0300. The van der Waals surface area contributed by atoms with Crippen molar-refractivity contribution in [2.75, 3.05) is 72.1 Å². The smallest absolute Gasteiger partial charge is 0.277 e. The highest BCUT2D eigenvalue weighted by molar-refractivity contribution is 8.77. The van der Waals surface area contributed by atoms with Crippen LogP contribution in [0, 0.1) is 18.8 Å². The number of hydrogen-bond donors (Lipinski definition) is 2. The molecule has 5 aromatic carbocycles. The van der Waals surface area contributed by atoms with Crippen LogP contribution in [0.1, 0.15) is 122 Å². The summed E-state index contributed by atoms with van der Waals surface area (Å²) >= 11 is 0. The zero-order valence-corrected chi connectivity index (χ0v) is 54.0. The third kappa shape index (κ3) is 14.4. The lowest BCUT2D eigenvalue weighted by Gasteiger charge is -2.25. The minimum atomic E-state index is -4.02. The number of Topliss-reactive ketones (excluding diaryl/α,β-unsaturated/α-hetero) is 2. The van der Waals surface area contributed by atoms with Gasteiger partial charge >= 0.3 is 0 Å². The van der Waals surface area contributed by atoms with Gasteiger partial charge in [0.1, 0.15) is 24.2 Å². The number of ether oxygens (including phenoxy) is 3. The van der Waals surface area contributed by atoms with E-state index in [9.17, 15) is 37.2 Å². The van der Waals surface area contributed by atoms with Crippen molar-refractivity contribution in [1.29, 1.82) is 0 Å². The predicted octanol–water partition coefficient (Wildman–Crippen LogP) is 10.5. The highest BCUT2D eigenvalue weighted by Crippen LogP contribution is 2.44. The average molecular weight is 1250 g/mol. The van der Waals surface area contributed by atoms with Crippen LogP contribution in [0.5, 0.6) is 17.2 Å². The van der Waals surface area contributed by atoms with Gasteiger partial charge in [0.15, 0.2) is 23.1 Å². The molecular formula is C66H80N6O12S3. The number of methoxy groups -OCH3 is 1. The highest BCUT2D eigenvalue weighted by Gasteiger charge is 2.41. The fourth-order valence-corrected chi connectivity index (χ4v) is 16.0. The Morgan fingerprint density at radius 2 is 1.28 bits per heavy atom. The largest absolute Gasteiger partial charge is 0.493 e. The van der Waals surface area contributed by atoms with Crippen molar-refractivity contribution < 1.29 is 55.6 Å². The molecule has 21 heteroatoms. The topological polar surface area (TPSA) is 210 Å². The van der Waals surface area contributed by atoms with Gasteiger partial charge < -0.3 is 44.4 Å². The Morgan fingerprint density at radius 1 is 0.724 bits per heavy atom. The molecule has 18 nitrogen and oxygen atoms in total. The number of anilines is 5. The summed E-state index contributed by atoms with van der Waals surface area (Å²) in [4.78, 5) is 90.8. The lowest BCUT2D eigenvalue weighted by Crippen LogP contribution is -2.45. The Hall–Kier alpha value is -7.07. The Kier molecular flexibility index (Phi) is 20.1. The van der Waals surface area contributed by atoms with Crippen molar-refractivity contribution in [3.63, 3.8) is 0 Å². The van der Waals surface area contributed by atoms with Crippen molar-refractivity contribution in [3.05, 3.63) is 130 Å². The molecule has 5 aromatic rings. The summed E-state index contributed by atoms with van der Waals surface area (Å²) in [6, 6.07) is 28.1. The van der Waals surface area contributed by atoms with Crippen LogP contribution in [0.15, 0.2) is 91.0 Å². The van der Waals surface area contributed by atoms with E-state index in [-0.39, 0.29) is 80.4 Å². The van der Waals surface area contributed by atoms with E-state index in [1.54, 1.807) is 26.0 Å². The van der Waals surface area contributed by atoms with Crippen LogP contribution >= 0.6 is 21.6 Å². The number of rotatable bonds is 26. The molecular weight excluding hydrogens is 1160 g/mol. The molecule has 4 heterocycles. The predicted molar refractivity (Wildman–Crippen MR) is 344 cm³/mol. The fraction of sp³-hybridized carbons (Fsp3) is 0.455. The van der Waals surface area contributed by atoms with E-state index < -0.39 is 43.8 Å². The number of para-hydroxylation sites is 2. The second-order valence-electron chi connectivity index (χ2n) is 24.1. The molecule has 0 bridgehead atoms. The molecule has 4 aliphatic rings. The summed E-state index contributed by atoms with van der Waals surface area (Å²) in [6.07, 6.45) is 2.12. The van der Waals surface area contributed by atoms with E-state index >= 15 is 0 Å². The number of aryl methyl sites for hydroxylation is 1. The summed E-state index contributed by atoms with van der Waals surface area (Å²) in [5.74, 6) is -0.892. The van der Waals surface area contributed by atoms with Crippen molar-refractivity contribution in [2.24, 2.45) is 11.8 Å². The number of carbonyl (C=O) groups excluding carboxylic acids is 6. The standard InChI is InChI=1S/C66H80N6O12S3/c1-12-55(73)60(87(79,80)82-11)22-24-85-86-66(6,7)23-21-61(75)68-62(39(2)3)56(74)26-41(5)63(76)67-46-28-42(37-83-57-33-53-49(25-40(57)4)64(77)71-47(35-69(53)8)30-44-17-13-15-19-51(44)71)27-43(29-46)38-84-59-34-54-50(32-58(59)81-10)65(78)72-48(36-70(54)9)31-45-18-14-16-20-52(45)72/h13-20,25,27-29,32-34,39,41,47-48,60,62H,12,21-24,26,30-31,35-38H2,1-11H3,(H,67,76)(H,68,75)/t41-,47+,48+,60?,62+/m1/s1. The van der Waals surface area contributed by atoms with Gasteiger partial charge in [0.25, 0.3) is 21.9 Å². The van der Waals surface area contributed by atoms with E-state index in [0.29, 0.717) is 76.1 Å². The molecule has 9 rings (SSSR count). The molecule has 1 unspecified atom stereocenters. The van der Waals surface area contributed by atoms with E-state index in [1.807, 2.05) is 125 Å². The van der Waals surface area contributed by atoms with Crippen LogP contribution in [0.4, 0.5) is 28.4 Å². The number of ketones is 2. The van der Waals surface area contributed by atoms with E-state index in [4.69, 9.17) is 14.2 Å². The number of likely N-dealkylation sites (N-methyl/N-ethyl adjacent to an activating group) is 2. The van der Waals surface area contributed by atoms with Gasteiger partial charge in [-0.05, 0) is 123 Å². The number of benzene rings is 5. The summed E-state index contributed by atoms with van der Waals surface area (Å²) in [6.45, 7) is 14.2. The van der Waals surface area contributed by atoms with Crippen LogP contribution in [-0.2, 0) is 59.5 Å². The molecule has 464 valence electrons. The van der Waals surface area contributed by atoms with Gasteiger partial charge in [-0.15, -0.1) is 0 Å². The number of nitrogens with zero attached hydrogens (tertiary/aromatic N) is 4. The van der Waals surface area contributed by atoms with Crippen LogP contribution < -0.4 is 44.4 Å². The third-order valence-electron chi connectivity index (χ3n) is 16.8. The molecule has 0 aliphatic carbocycles. The summed E-state index contributed by atoms with van der Waals surface area (Å²) in [5, 5.41) is 4.75. The second-order valence-corrected chi connectivity index (χ2v) is 29.1. The summed E-state index contributed by atoms with van der Waals surface area (Å²) < 4.78 is 48.1. The van der Waals surface area contributed by atoms with Crippen LogP contribution in [0.25, 0.3) is 0 Å². The minimum absolute atomic E-state index is 0.0186. The SMILES string of the molecule is CCC(=O)C(CCSSC(C)(C)CCC(=O)N[C@H](C(=O)C[C@@H](C)C(=O)Nc1cc(COc2cc3c(cc2C)C(=O)N2c4ccccc4C[C@H]2CN3C)cc(COc2cc3c(cc2OC)C(=O)N2c4ccccc4C[C@H]2CN3C)c1)C(C)C)S(=O)(=O)OC. The van der Waals surface area contributed by atoms with Gasteiger partial charge in [0.05, 0.1) is 54.8 Å². The Bertz CT molecular complexity index is 3580.